The molecule has 1 N–H and O–H groups in total. The molecule has 3 rings (SSSR count). The SMILES string of the molecule is Cc1cccc(C)c1NC(=O)C[n+]1cc(OCc2ccccc2)ccc1Cl. The van der Waals surface area contributed by atoms with Gasteiger partial charge in [0, 0.05) is 11.8 Å². The van der Waals surface area contributed by atoms with Crippen LogP contribution >= 0.6 is 11.6 Å². The molecule has 1 aromatic heterocycles. The monoisotopic (exact) mass is 381 g/mol. The molecule has 0 radical (unpaired) electrons. The number of amides is 1. The fourth-order valence-electron chi connectivity index (χ4n) is 2.80. The number of nitrogens with one attached hydrogen (secondary N) is 1. The number of hydrogen-bond acceptors (Lipinski definition) is 2. The normalized spacial score (nSPS) is 10.5. The maximum absolute atomic E-state index is 12.5. The van der Waals surface area contributed by atoms with Gasteiger partial charge in [-0.1, -0.05) is 48.5 Å². The lowest BCUT2D eigenvalue weighted by atomic mass is 10.1. The number of para-hydroxylation sites is 1. The third kappa shape index (κ3) is 5.08. The number of benzene rings is 2. The third-order valence-electron chi connectivity index (χ3n) is 4.25. The van der Waals surface area contributed by atoms with Gasteiger partial charge in [-0.05, 0) is 48.2 Å². The van der Waals surface area contributed by atoms with Crippen molar-refractivity contribution in [3.8, 4) is 5.75 Å². The first kappa shape index (κ1) is 18.9. The molecule has 0 aliphatic carbocycles. The summed E-state index contributed by atoms with van der Waals surface area (Å²) in [5.74, 6) is 0.516. The van der Waals surface area contributed by atoms with Gasteiger partial charge in [0.1, 0.15) is 6.61 Å². The first-order valence-corrected chi connectivity index (χ1v) is 9.12. The first-order chi connectivity index (χ1) is 13.0. The van der Waals surface area contributed by atoms with Crippen LogP contribution in [-0.4, -0.2) is 5.91 Å². The molecule has 0 unspecified atom stereocenters. The Bertz CT molecular complexity index is 922. The zero-order valence-corrected chi connectivity index (χ0v) is 16.2. The molecule has 0 spiro atoms. The van der Waals surface area contributed by atoms with Gasteiger partial charge in [0.15, 0.2) is 5.75 Å². The van der Waals surface area contributed by atoms with Crippen LogP contribution in [0.3, 0.4) is 0 Å². The number of halogens is 1. The fraction of sp³-hybridized carbons (Fsp3) is 0.182. The van der Waals surface area contributed by atoms with Crippen LogP contribution in [0.1, 0.15) is 16.7 Å². The lowest BCUT2D eigenvalue weighted by Gasteiger charge is -2.10. The van der Waals surface area contributed by atoms with Crippen LogP contribution in [0.5, 0.6) is 5.75 Å². The molecule has 138 valence electrons. The van der Waals surface area contributed by atoms with E-state index in [1.165, 1.54) is 0 Å². The lowest BCUT2D eigenvalue weighted by molar-refractivity contribution is -0.682. The molecule has 4 nitrogen and oxygen atoms in total. The van der Waals surface area contributed by atoms with E-state index in [0.717, 1.165) is 22.4 Å². The topological polar surface area (TPSA) is 42.2 Å². The average Bonchev–Trinajstić information content (AvgIpc) is 2.66. The number of aromatic nitrogens is 1. The van der Waals surface area contributed by atoms with Crippen molar-refractivity contribution in [1.82, 2.24) is 0 Å². The van der Waals surface area contributed by atoms with Crippen LogP contribution in [0.25, 0.3) is 0 Å². The zero-order valence-electron chi connectivity index (χ0n) is 15.4. The second kappa shape index (κ2) is 8.69. The fourth-order valence-corrected chi connectivity index (χ4v) is 2.97. The average molecular weight is 382 g/mol. The quantitative estimate of drug-likeness (QED) is 0.506. The van der Waals surface area contributed by atoms with Gasteiger partial charge in [0.2, 0.25) is 12.7 Å². The summed E-state index contributed by atoms with van der Waals surface area (Å²) in [5.41, 5.74) is 3.97. The van der Waals surface area contributed by atoms with E-state index in [4.69, 9.17) is 16.3 Å². The van der Waals surface area contributed by atoms with Gasteiger partial charge < -0.3 is 10.1 Å². The van der Waals surface area contributed by atoms with E-state index < -0.39 is 0 Å². The second-order valence-electron chi connectivity index (χ2n) is 6.40. The van der Waals surface area contributed by atoms with Crippen LogP contribution in [-0.2, 0) is 17.9 Å². The Kier molecular flexibility index (Phi) is 6.09. The van der Waals surface area contributed by atoms with Crippen molar-refractivity contribution < 1.29 is 14.1 Å². The molecule has 0 aliphatic rings. The van der Waals surface area contributed by atoms with E-state index in [0.29, 0.717) is 17.5 Å². The van der Waals surface area contributed by atoms with Crippen molar-refractivity contribution >= 4 is 23.2 Å². The summed E-state index contributed by atoms with van der Waals surface area (Å²) in [5, 5.41) is 3.44. The summed E-state index contributed by atoms with van der Waals surface area (Å²) in [7, 11) is 0. The van der Waals surface area contributed by atoms with Gasteiger partial charge >= 0.3 is 0 Å². The van der Waals surface area contributed by atoms with Crippen molar-refractivity contribution in [2.45, 2.75) is 27.0 Å². The molecule has 5 heteroatoms. The lowest BCUT2D eigenvalue weighted by Crippen LogP contribution is -2.41. The molecule has 3 aromatic rings. The van der Waals surface area contributed by atoms with Gasteiger partial charge in [-0.3, -0.25) is 4.79 Å². The number of rotatable bonds is 6. The Morgan fingerprint density at radius 2 is 1.70 bits per heavy atom. The summed E-state index contributed by atoms with van der Waals surface area (Å²) in [6.45, 7) is 4.51. The molecule has 1 amide bonds. The highest BCUT2D eigenvalue weighted by Crippen LogP contribution is 2.19. The third-order valence-corrected chi connectivity index (χ3v) is 4.59. The van der Waals surface area contributed by atoms with E-state index >= 15 is 0 Å². The Balaban J connectivity index is 1.68. The molecule has 2 aromatic carbocycles. The Labute approximate surface area is 164 Å². The summed E-state index contributed by atoms with van der Waals surface area (Å²) >= 11 is 6.25. The van der Waals surface area contributed by atoms with Gasteiger partial charge in [-0.15, -0.1) is 0 Å². The summed E-state index contributed by atoms with van der Waals surface area (Å²) in [6, 6.07) is 19.4. The number of nitrogens with zero attached hydrogens (tertiary/aromatic N) is 1. The van der Waals surface area contributed by atoms with Crippen molar-refractivity contribution in [2.75, 3.05) is 5.32 Å². The van der Waals surface area contributed by atoms with Gasteiger partial charge in [0.05, 0.1) is 0 Å². The minimum atomic E-state index is -0.139. The van der Waals surface area contributed by atoms with E-state index in [9.17, 15) is 4.79 Å². The maximum Gasteiger partial charge on any atom is 0.290 e. The predicted molar refractivity (Wildman–Crippen MR) is 107 cm³/mol. The molecule has 0 bridgehead atoms. The molecular weight excluding hydrogens is 360 g/mol. The molecule has 27 heavy (non-hydrogen) atoms. The predicted octanol–water partition coefficient (Wildman–Crippen LogP) is 4.46. The molecule has 0 fully saturated rings. The number of hydrogen-bond donors (Lipinski definition) is 1. The molecule has 0 saturated heterocycles. The van der Waals surface area contributed by atoms with Crippen molar-refractivity contribution in [2.24, 2.45) is 0 Å². The van der Waals surface area contributed by atoms with Crippen LogP contribution < -0.4 is 14.6 Å². The number of anilines is 1. The largest absolute Gasteiger partial charge is 0.483 e. The molecule has 0 saturated carbocycles. The first-order valence-electron chi connectivity index (χ1n) is 8.75. The van der Waals surface area contributed by atoms with Crippen LogP contribution in [0.2, 0.25) is 5.15 Å². The van der Waals surface area contributed by atoms with E-state index in [2.05, 4.69) is 5.32 Å². The van der Waals surface area contributed by atoms with Gasteiger partial charge in [-0.25, -0.2) is 0 Å². The van der Waals surface area contributed by atoms with Gasteiger partial charge in [-0.2, -0.15) is 4.57 Å². The smallest absolute Gasteiger partial charge is 0.290 e. The van der Waals surface area contributed by atoms with E-state index in [1.807, 2.05) is 62.4 Å². The number of pyridine rings is 1. The standard InChI is InChI=1S/C22H21ClN2O2/c1-16-7-6-8-17(2)22(16)24-21(26)14-25-13-19(11-12-20(25)23)27-15-18-9-4-3-5-10-18/h3-13H,14-15H2,1-2H3/p+1. The van der Waals surface area contributed by atoms with E-state index in [-0.39, 0.29) is 12.5 Å². The molecule has 1 heterocycles. The minimum absolute atomic E-state index is 0.106. The van der Waals surface area contributed by atoms with Gasteiger partial charge in [0.25, 0.3) is 11.1 Å². The highest BCUT2D eigenvalue weighted by Gasteiger charge is 2.17. The summed E-state index contributed by atoms with van der Waals surface area (Å²) in [4.78, 5) is 12.5. The molecular formula is C22H22ClN2O2+. The Morgan fingerprint density at radius 1 is 1.00 bits per heavy atom. The summed E-state index contributed by atoms with van der Waals surface area (Å²) in [6.07, 6.45) is 1.75. The maximum atomic E-state index is 12.5. The number of carbonyl (C=O) groups is 1. The molecule has 0 atom stereocenters. The van der Waals surface area contributed by atoms with Crippen molar-refractivity contribution in [3.63, 3.8) is 0 Å². The minimum Gasteiger partial charge on any atom is -0.483 e. The second-order valence-corrected chi connectivity index (χ2v) is 6.79. The number of aryl methyl sites for hydroxylation is 2. The highest BCUT2D eigenvalue weighted by molar-refractivity contribution is 6.28. The molecule has 0 aliphatic heterocycles. The van der Waals surface area contributed by atoms with Crippen LogP contribution in [0, 0.1) is 13.8 Å². The van der Waals surface area contributed by atoms with Crippen molar-refractivity contribution in [1.29, 1.82) is 0 Å². The number of ether oxygens (including phenoxy) is 1. The van der Waals surface area contributed by atoms with Crippen LogP contribution in [0.4, 0.5) is 5.69 Å². The summed E-state index contributed by atoms with van der Waals surface area (Å²) < 4.78 is 7.49. The zero-order chi connectivity index (χ0) is 19.2. The Hall–Kier alpha value is -2.85. The van der Waals surface area contributed by atoms with Crippen LogP contribution in [0.15, 0.2) is 66.9 Å². The Morgan fingerprint density at radius 3 is 2.41 bits per heavy atom. The number of carbonyl (C=O) groups excluding carboxylic acids is 1. The highest BCUT2D eigenvalue weighted by atomic mass is 35.5. The van der Waals surface area contributed by atoms with E-state index in [1.54, 1.807) is 22.9 Å². The van der Waals surface area contributed by atoms with Crippen molar-refractivity contribution in [3.05, 3.63) is 88.7 Å².